The molecular weight excluding hydrogens is 242 g/mol. The van der Waals surface area contributed by atoms with Crippen LogP contribution in [0, 0.1) is 5.41 Å². The smallest absolute Gasteiger partial charge is 0.0533 e. The van der Waals surface area contributed by atoms with Gasteiger partial charge in [0.1, 0.15) is 0 Å². The van der Waals surface area contributed by atoms with Crippen LogP contribution in [-0.2, 0) is 5.41 Å². The van der Waals surface area contributed by atoms with Gasteiger partial charge in [0, 0.05) is 22.3 Å². The van der Waals surface area contributed by atoms with Crippen LogP contribution in [0.4, 0.5) is 0 Å². The Balaban J connectivity index is 2.46. The van der Waals surface area contributed by atoms with Crippen LogP contribution in [0.2, 0.25) is 0 Å². The van der Waals surface area contributed by atoms with Gasteiger partial charge in [0.2, 0.25) is 0 Å². The van der Waals surface area contributed by atoms with Crippen LogP contribution in [0.25, 0.3) is 0 Å². The third kappa shape index (κ3) is 1.22. The molecule has 76 valence electrons. The monoisotopic (exact) mass is 255 g/mol. The molecule has 1 N–H and O–H groups in total. The lowest BCUT2D eigenvalue weighted by atomic mass is 9.89. The Morgan fingerprint density at radius 2 is 2.21 bits per heavy atom. The zero-order valence-corrected chi connectivity index (χ0v) is 10.0. The summed E-state index contributed by atoms with van der Waals surface area (Å²) in [6.45, 7) is 4.59. The number of hydrogen-bond donors (Lipinski definition) is 1. The molecule has 0 spiro atoms. The highest BCUT2D eigenvalue weighted by Crippen LogP contribution is 2.64. The van der Waals surface area contributed by atoms with E-state index >= 15 is 0 Å². The fraction of sp³-hybridized carbons (Fsp3) is 0.545. The quantitative estimate of drug-likeness (QED) is 0.881. The second-order valence-electron chi connectivity index (χ2n) is 4.66. The summed E-state index contributed by atoms with van der Waals surface area (Å²) >= 11 is 3.49. The molecule has 1 heterocycles. The first-order chi connectivity index (χ1) is 6.53. The van der Waals surface area contributed by atoms with E-state index in [4.69, 9.17) is 0 Å². The second kappa shape index (κ2) is 3.04. The van der Waals surface area contributed by atoms with Gasteiger partial charge in [-0.05, 0) is 39.4 Å². The first-order valence-corrected chi connectivity index (χ1v) is 5.54. The van der Waals surface area contributed by atoms with E-state index < -0.39 is 0 Å². The molecule has 0 amide bonds. The average molecular weight is 256 g/mol. The van der Waals surface area contributed by atoms with Gasteiger partial charge in [-0.15, -0.1) is 0 Å². The predicted molar refractivity (Wildman–Crippen MR) is 59.1 cm³/mol. The number of hydrogen-bond acceptors (Lipinski definition) is 2. The Kier molecular flexibility index (Phi) is 2.20. The third-order valence-corrected chi connectivity index (χ3v) is 4.10. The molecule has 0 saturated heterocycles. The average Bonchev–Trinajstić information content (AvgIpc) is 2.70. The van der Waals surface area contributed by atoms with Crippen LogP contribution in [0.5, 0.6) is 0 Å². The fourth-order valence-corrected chi connectivity index (χ4v) is 2.92. The zero-order chi connectivity index (χ0) is 10.4. The Bertz CT molecular complexity index is 364. The van der Waals surface area contributed by atoms with Crippen molar-refractivity contribution in [2.75, 3.05) is 6.61 Å². The summed E-state index contributed by atoms with van der Waals surface area (Å²) in [6.07, 6.45) is 4.62. The highest BCUT2D eigenvalue weighted by molar-refractivity contribution is 9.10. The maximum absolute atomic E-state index is 9.53. The molecule has 0 radical (unpaired) electrons. The largest absolute Gasteiger partial charge is 0.395 e. The van der Waals surface area contributed by atoms with E-state index in [1.165, 1.54) is 5.56 Å². The molecular formula is C11H14BrNO. The van der Waals surface area contributed by atoms with Crippen LogP contribution >= 0.6 is 15.9 Å². The SMILES string of the molecule is CC1(C)CC1(CO)c1ccncc1Br. The molecule has 1 aliphatic carbocycles. The number of halogens is 1. The Labute approximate surface area is 92.5 Å². The first kappa shape index (κ1) is 10.1. The van der Waals surface area contributed by atoms with Gasteiger partial charge >= 0.3 is 0 Å². The molecule has 2 rings (SSSR count). The highest BCUT2D eigenvalue weighted by atomic mass is 79.9. The maximum Gasteiger partial charge on any atom is 0.0533 e. The van der Waals surface area contributed by atoms with Crippen molar-refractivity contribution in [3.8, 4) is 0 Å². The number of nitrogens with zero attached hydrogens (tertiary/aromatic N) is 1. The van der Waals surface area contributed by atoms with Crippen molar-refractivity contribution >= 4 is 15.9 Å². The third-order valence-electron chi connectivity index (χ3n) is 3.47. The molecule has 1 fully saturated rings. The molecule has 1 atom stereocenters. The first-order valence-electron chi connectivity index (χ1n) is 4.74. The summed E-state index contributed by atoms with van der Waals surface area (Å²) < 4.78 is 1.000. The summed E-state index contributed by atoms with van der Waals surface area (Å²) in [5, 5.41) is 9.53. The van der Waals surface area contributed by atoms with Gasteiger partial charge in [-0.2, -0.15) is 0 Å². The van der Waals surface area contributed by atoms with E-state index in [2.05, 4.69) is 34.8 Å². The molecule has 0 aliphatic heterocycles. The normalized spacial score (nSPS) is 28.9. The molecule has 2 nitrogen and oxygen atoms in total. The molecule has 1 unspecified atom stereocenters. The molecule has 1 aromatic heterocycles. The molecule has 14 heavy (non-hydrogen) atoms. The van der Waals surface area contributed by atoms with Crippen molar-refractivity contribution in [2.45, 2.75) is 25.7 Å². The summed E-state index contributed by atoms with van der Waals surface area (Å²) in [4.78, 5) is 4.04. The highest BCUT2D eigenvalue weighted by Gasteiger charge is 2.62. The number of pyridine rings is 1. The minimum atomic E-state index is -0.0607. The number of aliphatic hydroxyl groups is 1. The van der Waals surface area contributed by atoms with E-state index in [9.17, 15) is 5.11 Å². The van der Waals surface area contributed by atoms with Gasteiger partial charge in [0.15, 0.2) is 0 Å². The summed E-state index contributed by atoms with van der Waals surface area (Å²) in [5.74, 6) is 0. The van der Waals surface area contributed by atoms with Crippen LogP contribution in [-0.4, -0.2) is 16.7 Å². The Morgan fingerprint density at radius 1 is 1.57 bits per heavy atom. The lowest BCUT2D eigenvalue weighted by molar-refractivity contribution is 0.231. The van der Waals surface area contributed by atoms with E-state index in [-0.39, 0.29) is 17.4 Å². The van der Waals surface area contributed by atoms with Gasteiger partial charge in [-0.25, -0.2) is 0 Å². The molecule has 1 saturated carbocycles. The van der Waals surface area contributed by atoms with Gasteiger partial charge in [0.05, 0.1) is 6.61 Å². The molecule has 1 aromatic rings. The minimum absolute atomic E-state index is 0.0607. The summed E-state index contributed by atoms with van der Waals surface area (Å²) in [7, 11) is 0. The maximum atomic E-state index is 9.53. The number of aromatic nitrogens is 1. The minimum Gasteiger partial charge on any atom is -0.395 e. The lowest BCUT2D eigenvalue weighted by Crippen LogP contribution is -2.19. The van der Waals surface area contributed by atoms with Gasteiger partial charge in [-0.1, -0.05) is 13.8 Å². The molecule has 3 heteroatoms. The molecule has 0 aromatic carbocycles. The Morgan fingerprint density at radius 3 is 2.64 bits per heavy atom. The van der Waals surface area contributed by atoms with Crippen molar-refractivity contribution in [1.29, 1.82) is 0 Å². The van der Waals surface area contributed by atoms with Gasteiger partial charge < -0.3 is 5.11 Å². The second-order valence-corrected chi connectivity index (χ2v) is 5.51. The summed E-state index contributed by atoms with van der Waals surface area (Å²) in [5.41, 5.74) is 1.32. The number of aliphatic hydroxyl groups excluding tert-OH is 1. The predicted octanol–water partition coefficient (Wildman–Crippen LogP) is 2.50. The Hall–Kier alpha value is -0.410. The van der Waals surface area contributed by atoms with Crippen LogP contribution < -0.4 is 0 Å². The van der Waals surface area contributed by atoms with Crippen molar-refractivity contribution in [3.63, 3.8) is 0 Å². The molecule has 0 bridgehead atoms. The zero-order valence-electron chi connectivity index (χ0n) is 8.42. The van der Waals surface area contributed by atoms with E-state index in [1.54, 1.807) is 12.4 Å². The topological polar surface area (TPSA) is 33.1 Å². The van der Waals surface area contributed by atoms with Gasteiger partial charge in [-0.3, -0.25) is 4.98 Å². The number of rotatable bonds is 2. The van der Waals surface area contributed by atoms with Crippen LogP contribution in [0.15, 0.2) is 22.9 Å². The van der Waals surface area contributed by atoms with Crippen molar-refractivity contribution < 1.29 is 5.11 Å². The molecule has 1 aliphatic rings. The summed E-state index contributed by atoms with van der Waals surface area (Å²) in [6, 6.07) is 2.00. The van der Waals surface area contributed by atoms with Crippen molar-refractivity contribution in [1.82, 2.24) is 4.98 Å². The van der Waals surface area contributed by atoms with Gasteiger partial charge in [0.25, 0.3) is 0 Å². The fourth-order valence-electron chi connectivity index (χ4n) is 2.29. The van der Waals surface area contributed by atoms with Crippen LogP contribution in [0.3, 0.4) is 0 Å². The van der Waals surface area contributed by atoms with Crippen molar-refractivity contribution in [3.05, 3.63) is 28.5 Å². The van der Waals surface area contributed by atoms with E-state index in [1.807, 2.05) is 6.07 Å². The lowest BCUT2D eigenvalue weighted by Gasteiger charge is -2.19. The van der Waals surface area contributed by atoms with Crippen LogP contribution in [0.1, 0.15) is 25.8 Å². The van der Waals surface area contributed by atoms with E-state index in [0.29, 0.717) is 0 Å². The standard InChI is InChI=1S/C11H14BrNO/c1-10(2)6-11(10,7-14)8-3-4-13-5-9(8)12/h3-5,14H,6-7H2,1-2H3. The van der Waals surface area contributed by atoms with E-state index in [0.717, 1.165) is 10.9 Å². The van der Waals surface area contributed by atoms with Crippen molar-refractivity contribution in [2.24, 2.45) is 5.41 Å².